The van der Waals surface area contributed by atoms with Gasteiger partial charge in [0.05, 0.1) is 17.4 Å². The van der Waals surface area contributed by atoms with Crippen molar-refractivity contribution in [2.24, 2.45) is 0 Å². The number of aryl methyl sites for hydroxylation is 1. The number of hydrogen-bond acceptors (Lipinski definition) is 4. The lowest BCUT2D eigenvalue weighted by molar-refractivity contribution is -0.140. The molecule has 2 aromatic heterocycles. The summed E-state index contributed by atoms with van der Waals surface area (Å²) in [6.07, 6.45) is -3.00. The Balaban J connectivity index is 1.56. The Morgan fingerprint density at radius 1 is 1.21 bits per heavy atom. The quantitative estimate of drug-likeness (QED) is 0.672. The van der Waals surface area contributed by atoms with Crippen LogP contribution in [-0.2, 0) is 10.9 Å². The van der Waals surface area contributed by atoms with E-state index in [1.165, 1.54) is 6.33 Å². The van der Waals surface area contributed by atoms with Gasteiger partial charge in [0.25, 0.3) is 0 Å². The van der Waals surface area contributed by atoms with Gasteiger partial charge in [0, 0.05) is 11.6 Å². The van der Waals surface area contributed by atoms with Gasteiger partial charge >= 0.3 is 6.18 Å². The van der Waals surface area contributed by atoms with E-state index in [4.69, 9.17) is 4.74 Å². The van der Waals surface area contributed by atoms with Gasteiger partial charge < -0.3 is 14.4 Å². The van der Waals surface area contributed by atoms with Crippen molar-refractivity contribution in [3.05, 3.63) is 59.4 Å². The number of rotatable bonds is 3. The maximum atomic E-state index is 13.5. The summed E-state index contributed by atoms with van der Waals surface area (Å²) >= 11 is 0. The van der Waals surface area contributed by atoms with Crippen molar-refractivity contribution >= 4 is 11.0 Å². The lowest BCUT2D eigenvalue weighted by Gasteiger charge is -2.21. The Kier molecular flexibility index (Phi) is 4.59. The van der Waals surface area contributed by atoms with Crippen LogP contribution in [0.1, 0.15) is 42.0 Å². The Bertz CT molecular complexity index is 1020. The number of nitrogens with zero attached hydrogens (tertiary/aromatic N) is 3. The van der Waals surface area contributed by atoms with E-state index in [1.807, 2.05) is 23.8 Å². The van der Waals surface area contributed by atoms with E-state index >= 15 is 0 Å². The third-order valence-electron chi connectivity index (χ3n) is 5.04. The number of alkyl halides is 3. The zero-order valence-electron chi connectivity index (χ0n) is 14.8. The molecule has 9 heteroatoms. The van der Waals surface area contributed by atoms with E-state index in [2.05, 4.69) is 9.97 Å². The fraction of sp³-hybridized carbons (Fsp3) is 0.368. The van der Waals surface area contributed by atoms with Gasteiger partial charge in [-0.1, -0.05) is 6.07 Å². The smallest absolute Gasteiger partial charge is 0.386 e. The van der Waals surface area contributed by atoms with Crippen molar-refractivity contribution < 1.29 is 27.4 Å². The molecule has 0 radical (unpaired) electrons. The molecular formula is C19H17F4N3O2. The van der Waals surface area contributed by atoms with Gasteiger partial charge in [0.1, 0.15) is 30.1 Å². The van der Waals surface area contributed by atoms with Gasteiger partial charge in [-0.2, -0.15) is 13.2 Å². The Hall–Kier alpha value is -2.52. The predicted molar refractivity (Wildman–Crippen MR) is 91.8 cm³/mol. The Morgan fingerprint density at radius 2 is 2.00 bits per heavy atom. The molecule has 0 saturated carbocycles. The minimum absolute atomic E-state index is 0.0325. The minimum Gasteiger partial charge on any atom is -0.386 e. The van der Waals surface area contributed by atoms with Crippen LogP contribution >= 0.6 is 0 Å². The molecule has 4 rings (SSSR count). The number of fused-ring (bicyclic) bond motifs is 1. The summed E-state index contributed by atoms with van der Waals surface area (Å²) in [6, 6.07) is 4.37. The first-order chi connectivity index (χ1) is 13.3. The van der Waals surface area contributed by atoms with Gasteiger partial charge in [0.2, 0.25) is 0 Å². The first kappa shape index (κ1) is 18.8. The van der Waals surface area contributed by atoms with E-state index in [-0.39, 0.29) is 5.56 Å². The molecular weight excluding hydrogens is 378 g/mol. The van der Waals surface area contributed by atoms with Crippen LogP contribution < -0.4 is 0 Å². The zero-order chi connectivity index (χ0) is 20.1. The fourth-order valence-electron chi connectivity index (χ4n) is 3.57. The first-order valence-electron chi connectivity index (χ1n) is 8.74. The van der Waals surface area contributed by atoms with Gasteiger partial charge in [-0.05, 0) is 43.5 Å². The van der Waals surface area contributed by atoms with Gasteiger partial charge in [-0.25, -0.2) is 14.4 Å². The highest BCUT2D eigenvalue weighted by molar-refractivity contribution is 5.78. The van der Waals surface area contributed by atoms with Crippen LogP contribution in [0.15, 0.2) is 36.8 Å². The highest BCUT2D eigenvalue weighted by atomic mass is 19.4. The number of ether oxygens (including phenoxy) is 1. The van der Waals surface area contributed by atoms with Crippen molar-refractivity contribution in [3.8, 4) is 0 Å². The molecule has 1 N–H and O–H groups in total. The van der Waals surface area contributed by atoms with Crippen LogP contribution in [0.25, 0.3) is 11.0 Å². The number of benzene rings is 1. The summed E-state index contributed by atoms with van der Waals surface area (Å²) in [6.45, 7) is 1.86. The van der Waals surface area contributed by atoms with E-state index in [9.17, 15) is 22.7 Å². The molecule has 0 bridgehead atoms. The van der Waals surface area contributed by atoms with E-state index in [1.54, 1.807) is 0 Å². The van der Waals surface area contributed by atoms with Gasteiger partial charge in [0.15, 0.2) is 0 Å². The van der Waals surface area contributed by atoms with Crippen molar-refractivity contribution in [1.29, 1.82) is 0 Å². The van der Waals surface area contributed by atoms with Crippen LogP contribution in [0.4, 0.5) is 17.6 Å². The molecule has 0 aliphatic carbocycles. The number of hydrogen-bond donors (Lipinski definition) is 1. The minimum atomic E-state index is -4.83. The largest absolute Gasteiger partial charge is 0.419 e. The van der Waals surface area contributed by atoms with E-state index < -0.39 is 36.0 Å². The standard InChI is InChI=1S/C19H17F4N3O2/c1-10-12-6-7-26(18(12)25-9-24-10)16-5-4-15(28-16)17(27)11-2-3-14(20)13(8-11)19(21,22)23/h2-3,6-9,15-17,27H,4-5H2,1H3. The maximum absolute atomic E-state index is 13.5. The topological polar surface area (TPSA) is 60.2 Å². The van der Waals surface area contributed by atoms with Crippen molar-refractivity contribution in [3.63, 3.8) is 0 Å². The summed E-state index contributed by atoms with van der Waals surface area (Å²) in [5, 5.41) is 11.4. The first-order valence-corrected chi connectivity index (χ1v) is 8.74. The highest BCUT2D eigenvalue weighted by Gasteiger charge is 2.37. The predicted octanol–water partition coefficient (Wildman–Crippen LogP) is 4.31. The number of aliphatic hydroxyl groups excluding tert-OH is 1. The van der Waals surface area contributed by atoms with Crippen molar-refractivity contribution in [2.45, 2.75) is 44.4 Å². The SMILES string of the molecule is Cc1ncnc2c1ccn2C1CCC(C(O)c2ccc(F)c(C(F)(F)F)c2)O1. The summed E-state index contributed by atoms with van der Waals surface area (Å²) < 4.78 is 60.0. The van der Waals surface area contributed by atoms with E-state index in [0.29, 0.717) is 30.6 Å². The molecule has 1 aromatic carbocycles. The number of aromatic nitrogens is 3. The van der Waals surface area contributed by atoms with E-state index in [0.717, 1.165) is 17.1 Å². The van der Waals surface area contributed by atoms with Gasteiger partial charge in [-0.15, -0.1) is 0 Å². The van der Waals surface area contributed by atoms with Crippen molar-refractivity contribution in [2.75, 3.05) is 0 Å². The summed E-state index contributed by atoms with van der Waals surface area (Å²) in [4.78, 5) is 8.40. The average molecular weight is 395 g/mol. The lowest BCUT2D eigenvalue weighted by atomic mass is 9.99. The molecule has 1 saturated heterocycles. The fourth-order valence-corrected chi connectivity index (χ4v) is 3.57. The molecule has 3 heterocycles. The van der Waals surface area contributed by atoms with Crippen LogP contribution in [-0.4, -0.2) is 25.7 Å². The third kappa shape index (κ3) is 3.24. The van der Waals surface area contributed by atoms with Gasteiger partial charge in [-0.3, -0.25) is 0 Å². The summed E-state index contributed by atoms with van der Waals surface area (Å²) in [5.41, 5.74) is 0.0789. The molecule has 5 nitrogen and oxygen atoms in total. The molecule has 1 aliphatic rings. The second-order valence-electron chi connectivity index (χ2n) is 6.81. The molecule has 0 amide bonds. The molecule has 1 aliphatic heterocycles. The third-order valence-corrected chi connectivity index (χ3v) is 5.04. The lowest BCUT2D eigenvalue weighted by Crippen LogP contribution is -2.20. The summed E-state index contributed by atoms with van der Waals surface area (Å²) in [5.74, 6) is -1.37. The highest BCUT2D eigenvalue weighted by Crippen LogP contribution is 2.39. The molecule has 148 valence electrons. The molecule has 3 atom stereocenters. The van der Waals surface area contributed by atoms with Crippen molar-refractivity contribution in [1.82, 2.24) is 14.5 Å². The molecule has 28 heavy (non-hydrogen) atoms. The maximum Gasteiger partial charge on any atom is 0.419 e. The van der Waals surface area contributed by atoms with Crippen LogP contribution in [0.3, 0.4) is 0 Å². The molecule has 3 unspecified atom stereocenters. The molecule has 0 spiro atoms. The van der Waals surface area contributed by atoms with Crippen LogP contribution in [0, 0.1) is 12.7 Å². The monoisotopic (exact) mass is 395 g/mol. The Morgan fingerprint density at radius 3 is 2.75 bits per heavy atom. The molecule has 1 fully saturated rings. The van der Waals surface area contributed by atoms with Crippen LogP contribution in [0.2, 0.25) is 0 Å². The second-order valence-corrected chi connectivity index (χ2v) is 6.81. The second kappa shape index (κ2) is 6.82. The number of halogens is 4. The van der Waals surface area contributed by atoms with Crippen LogP contribution in [0.5, 0.6) is 0 Å². The summed E-state index contributed by atoms with van der Waals surface area (Å²) in [7, 11) is 0. The normalized spacial score (nSPS) is 21.4. The molecule has 3 aromatic rings. The zero-order valence-corrected chi connectivity index (χ0v) is 14.8. The Labute approximate surface area is 157 Å². The average Bonchev–Trinajstić information content (AvgIpc) is 3.28. The number of aliphatic hydroxyl groups is 1.